The van der Waals surface area contributed by atoms with Crippen LogP contribution in [0.1, 0.15) is 30.6 Å². The number of benzene rings is 1. The Bertz CT molecular complexity index is 641. The number of hydrogen-bond acceptors (Lipinski definition) is 4. The minimum absolute atomic E-state index is 0.0308. The highest BCUT2D eigenvalue weighted by atomic mass is 32.2. The normalized spacial score (nSPS) is 19.2. The van der Waals surface area contributed by atoms with E-state index in [1.165, 1.54) is 16.4 Å². The summed E-state index contributed by atoms with van der Waals surface area (Å²) >= 11 is 0. The topological polar surface area (TPSA) is 83.7 Å². The number of carbonyl (C=O) groups is 1. The maximum atomic E-state index is 12.4. The average Bonchev–Trinajstić information content (AvgIpc) is 2.92. The molecule has 0 bridgehead atoms. The lowest BCUT2D eigenvalue weighted by Gasteiger charge is -2.21. The molecule has 1 heterocycles. The van der Waals surface area contributed by atoms with Gasteiger partial charge >= 0.3 is 0 Å². The molecule has 7 heteroatoms. The lowest BCUT2D eigenvalue weighted by Crippen LogP contribution is -2.33. The van der Waals surface area contributed by atoms with Crippen molar-refractivity contribution in [1.29, 1.82) is 0 Å². The van der Waals surface area contributed by atoms with Gasteiger partial charge < -0.3 is 10.6 Å². The number of nitrogens with zero attached hydrogens (tertiary/aromatic N) is 2. The first-order valence-corrected chi connectivity index (χ1v) is 8.80. The van der Waals surface area contributed by atoms with Crippen LogP contribution >= 0.6 is 0 Å². The van der Waals surface area contributed by atoms with Gasteiger partial charge in [-0.2, -0.15) is 4.31 Å². The summed E-state index contributed by atoms with van der Waals surface area (Å²) in [5, 5.41) is 0. The summed E-state index contributed by atoms with van der Waals surface area (Å²) in [5.41, 5.74) is 6.29. The highest BCUT2D eigenvalue weighted by Crippen LogP contribution is 2.19. The van der Waals surface area contributed by atoms with Crippen molar-refractivity contribution in [1.82, 2.24) is 9.21 Å². The van der Waals surface area contributed by atoms with Crippen molar-refractivity contribution >= 4 is 15.9 Å². The molecule has 1 aromatic rings. The van der Waals surface area contributed by atoms with Gasteiger partial charge in [0, 0.05) is 37.8 Å². The molecular weight excluding hydrogens is 302 g/mol. The number of sulfonamides is 1. The third kappa shape index (κ3) is 3.31. The fraction of sp³-hybridized carbons (Fsp3) is 0.533. The zero-order chi connectivity index (χ0) is 16.5. The Balaban J connectivity index is 2.19. The highest BCUT2D eigenvalue weighted by Gasteiger charge is 2.26. The van der Waals surface area contributed by atoms with E-state index in [0.29, 0.717) is 18.7 Å². The molecule has 1 atom stereocenters. The second-order valence-corrected chi connectivity index (χ2v) is 7.94. The number of carbonyl (C=O) groups excluding carboxylic acids is 1. The van der Waals surface area contributed by atoms with Crippen LogP contribution in [0, 0.1) is 0 Å². The van der Waals surface area contributed by atoms with Gasteiger partial charge in [-0.3, -0.25) is 4.79 Å². The van der Waals surface area contributed by atoms with E-state index < -0.39 is 10.0 Å². The van der Waals surface area contributed by atoms with Gasteiger partial charge in [-0.25, -0.2) is 8.42 Å². The first kappa shape index (κ1) is 16.9. The molecule has 1 amide bonds. The van der Waals surface area contributed by atoms with Crippen LogP contribution in [0.5, 0.6) is 0 Å². The van der Waals surface area contributed by atoms with Crippen LogP contribution in [0.2, 0.25) is 0 Å². The summed E-state index contributed by atoms with van der Waals surface area (Å²) in [7, 11) is -1.97. The monoisotopic (exact) mass is 325 g/mol. The number of likely N-dealkylation sites (tertiary alicyclic amines) is 1. The molecule has 1 saturated heterocycles. The maximum Gasteiger partial charge on any atom is 0.253 e. The van der Waals surface area contributed by atoms with Gasteiger partial charge in [0.2, 0.25) is 10.0 Å². The molecule has 6 nitrogen and oxygen atoms in total. The SMILES string of the molecule is CC(C)N(C)S(=O)(=O)c1ccc(C(=O)N2CC[C@@H](N)C2)cc1. The molecule has 0 unspecified atom stereocenters. The summed E-state index contributed by atoms with van der Waals surface area (Å²) in [6, 6.07) is 6.00. The van der Waals surface area contributed by atoms with Gasteiger partial charge in [0.1, 0.15) is 0 Å². The molecule has 0 spiro atoms. The minimum atomic E-state index is -3.52. The molecule has 0 saturated carbocycles. The molecule has 2 rings (SSSR count). The van der Waals surface area contributed by atoms with Crippen molar-refractivity contribution in [2.75, 3.05) is 20.1 Å². The molecule has 1 fully saturated rings. The van der Waals surface area contributed by atoms with E-state index in [-0.39, 0.29) is 22.9 Å². The third-order valence-corrected chi connectivity index (χ3v) is 6.07. The Morgan fingerprint density at radius 3 is 2.36 bits per heavy atom. The third-order valence-electron chi connectivity index (χ3n) is 4.02. The van der Waals surface area contributed by atoms with Crippen LogP contribution in [0.15, 0.2) is 29.2 Å². The van der Waals surface area contributed by atoms with Gasteiger partial charge in [-0.15, -0.1) is 0 Å². The smallest absolute Gasteiger partial charge is 0.253 e. The standard InChI is InChI=1S/C15H23N3O3S/c1-11(2)17(3)22(20,21)14-6-4-12(5-7-14)15(19)18-9-8-13(16)10-18/h4-7,11,13H,8-10,16H2,1-3H3/t13-/m1/s1. The lowest BCUT2D eigenvalue weighted by molar-refractivity contribution is 0.0791. The fourth-order valence-corrected chi connectivity index (χ4v) is 3.74. The summed E-state index contributed by atoms with van der Waals surface area (Å²) in [5.74, 6) is -0.103. The van der Waals surface area contributed by atoms with Crippen LogP contribution in [0.3, 0.4) is 0 Å². The Hall–Kier alpha value is -1.44. The molecule has 1 aliphatic heterocycles. The Labute approximate surface area is 131 Å². The first-order valence-electron chi connectivity index (χ1n) is 7.36. The van der Waals surface area contributed by atoms with Gasteiger partial charge in [-0.1, -0.05) is 0 Å². The van der Waals surface area contributed by atoms with Gasteiger partial charge in [-0.05, 0) is 44.5 Å². The van der Waals surface area contributed by atoms with E-state index in [4.69, 9.17) is 5.73 Å². The lowest BCUT2D eigenvalue weighted by atomic mass is 10.2. The zero-order valence-corrected chi connectivity index (χ0v) is 14.0. The molecule has 0 radical (unpaired) electrons. The number of amides is 1. The number of hydrogen-bond donors (Lipinski definition) is 1. The van der Waals surface area contributed by atoms with Gasteiger partial charge in [0.05, 0.1) is 4.90 Å². The van der Waals surface area contributed by atoms with Crippen LogP contribution in [-0.2, 0) is 10.0 Å². The quantitative estimate of drug-likeness (QED) is 0.891. The highest BCUT2D eigenvalue weighted by molar-refractivity contribution is 7.89. The molecule has 122 valence electrons. The van der Waals surface area contributed by atoms with Crippen molar-refractivity contribution in [3.63, 3.8) is 0 Å². The summed E-state index contributed by atoms with van der Waals surface area (Å²) in [6.45, 7) is 4.82. The second-order valence-electron chi connectivity index (χ2n) is 5.94. The summed E-state index contributed by atoms with van der Waals surface area (Å²) in [6.07, 6.45) is 0.803. The molecular formula is C15H23N3O3S. The fourth-order valence-electron chi connectivity index (χ4n) is 2.37. The number of nitrogens with two attached hydrogens (primary N) is 1. The van der Waals surface area contributed by atoms with Crippen molar-refractivity contribution in [2.45, 2.75) is 37.2 Å². The Kier molecular flexibility index (Phi) is 4.89. The van der Waals surface area contributed by atoms with Crippen molar-refractivity contribution < 1.29 is 13.2 Å². The molecule has 0 aliphatic carbocycles. The molecule has 1 aromatic carbocycles. The van der Waals surface area contributed by atoms with Crippen molar-refractivity contribution in [2.24, 2.45) is 5.73 Å². The maximum absolute atomic E-state index is 12.4. The Morgan fingerprint density at radius 1 is 1.32 bits per heavy atom. The van der Waals surface area contributed by atoms with Crippen LogP contribution in [0.25, 0.3) is 0 Å². The van der Waals surface area contributed by atoms with Crippen molar-refractivity contribution in [3.8, 4) is 0 Å². The molecule has 22 heavy (non-hydrogen) atoms. The summed E-state index contributed by atoms with van der Waals surface area (Å²) in [4.78, 5) is 14.2. The van der Waals surface area contributed by atoms with Crippen molar-refractivity contribution in [3.05, 3.63) is 29.8 Å². The van der Waals surface area contributed by atoms with Gasteiger partial charge in [0.25, 0.3) is 5.91 Å². The van der Waals surface area contributed by atoms with E-state index in [0.717, 1.165) is 6.42 Å². The number of rotatable bonds is 4. The largest absolute Gasteiger partial charge is 0.337 e. The van der Waals surface area contributed by atoms with E-state index in [2.05, 4.69) is 0 Å². The van der Waals surface area contributed by atoms with E-state index in [1.807, 2.05) is 13.8 Å². The minimum Gasteiger partial charge on any atom is -0.337 e. The van der Waals surface area contributed by atoms with Crippen LogP contribution in [-0.4, -0.2) is 55.8 Å². The molecule has 2 N–H and O–H groups in total. The van der Waals surface area contributed by atoms with E-state index in [9.17, 15) is 13.2 Å². The van der Waals surface area contributed by atoms with Gasteiger partial charge in [0.15, 0.2) is 0 Å². The zero-order valence-electron chi connectivity index (χ0n) is 13.2. The summed E-state index contributed by atoms with van der Waals surface area (Å²) < 4.78 is 26.0. The van der Waals surface area contributed by atoms with E-state index >= 15 is 0 Å². The molecule has 1 aliphatic rings. The van der Waals surface area contributed by atoms with Crippen LogP contribution in [0.4, 0.5) is 0 Å². The van der Waals surface area contributed by atoms with E-state index in [1.54, 1.807) is 24.1 Å². The predicted octanol–water partition coefficient (Wildman–Crippen LogP) is 0.889. The first-order chi connectivity index (χ1) is 10.2. The average molecular weight is 325 g/mol. The Morgan fingerprint density at radius 2 is 1.91 bits per heavy atom. The molecule has 0 aromatic heterocycles. The van der Waals surface area contributed by atoms with Crippen LogP contribution < -0.4 is 5.73 Å². The second kappa shape index (κ2) is 6.36. The predicted molar refractivity (Wildman–Crippen MR) is 85.0 cm³/mol.